The molecule has 68 heavy (non-hydrogen) atoms. The van der Waals surface area contributed by atoms with Gasteiger partial charge >= 0.3 is 26.2 Å². The normalized spacial score (nSPS) is 27.0. The monoisotopic (exact) mass is 978 g/mol. The average Bonchev–Trinajstić information content (AvgIpc) is 3.95. The van der Waals surface area contributed by atoms with Crippen LogP contribution in [0.5, 0.6) is 0 Å². The van der Waals surface area contributed by atoms with Gasteiger partial charge in [-0.3, -0.25) is 0 Å². The fraction of sp³-hybridized carbons (Fsp3) is 0.364. The smallest absolute Gasteiger partial charge is 0.164 e. The van der Waals surface area contributed by atoms with E-state index in [1.165, 1.54) is 156 Å². The van der Waals surface area contributed by atoms with Gasteiger partial charge in [0.15, 0.2) is 0 Å². The summed E-state index contributed by atoms with van der Waals surface area (Å²) < 4.78 is 0. The molecule has 0 N–H and O–H groups in total. The number of benzene rings is 6. The summed E-state index contributed by atoms with van der Waals surface area (Å²) in [5, 5.41) is 5.71. The van der Waals surface area contributed by atoms with E-state index in [4.69, 9.17) is 0 Å². The van der Waals surface area contributed by atoms with E-state index in [1.54, 1.807) is 11.1 Å². The van der Waals surface area contributed by atoms with Gasteiger partial charge in [0.05, 0.1) is 0 Å². The van der Waals surface area contributed by atoms with E-state index in [9.17, 15) is 0 Å². The second-order valence-electron chi connectivity index (χ2n) is 22.9. The molecule has 8 fully saturated rings. The van der Waals surface area contributed by atoms with Crippen LogP contribution in [0.15, 0.2) is 170 Å². The van der Waals surface area contributed by atoms with Gasteiger partial charge in [0.2, 0.25) is 0 Å². The summed E-state index contributed by atoms with van der Waals surface area (Å²) in [6.07, 6.45) is 20.6. The Morgan fingerprint density at radius 1 is 0.382 bits per heavy atom. The molecular weight excluding hydrogens is 912 g/mol. The molecule has 16 rings (SSSR count). The Kier molecular flexibility index (Phi) is 13.2. The zero-order valence-electron chi connectivity index (χ0n) is 40.5. The van der Waals surface area contributed by atoms with Crippen molar-refractivity contribution >= 4 is 31.1 Å². The molecule has 8 saturated carbocycles. The summed E-state index contributed by atoms with van der Waals surface area (Å²) in [5.74, 6) is 6.11. The van der Waals surface area contributed by atoms with Crippen LogP contribution in [0, 0.1) is 46.3 Å². The molecule has 0 saturated heterocycles. The van der Waals surface area contributed by atoms with Crippen molar-refractivity contribution in [2.24, 2.45) is 46.3 Å². The van der Waals surface area contributed by atoms with Gasteiger partial charge in [-0.05, 0) is 147 Å². The van der Waals surface area contributed by atoms with E-state index in [-0.39, 0.29) is 26.2 Å². The minimum Gasteiger partial charge on any atom is -0.164 e. The van der Waals surface area contributed by atoms with Crippen molar-refractivity contribution in [3.8, 4) is 44.5 Å². The first-order valence-corrected chi connectivity index (χ1v) is 28.2. The molecule has 2 heteroatoms. The molecule has 2 radical (unpaired) electrons. The molecule has 0 aromatic heterocycles. The topological polar surface area (TPSA) is 0 Å². The van der Waals surface area contributed by atoms with Crippen LogP contribution in [0.25, 0.3) is 66.1 Å². The fourth-order valence-electron chi connectivity index (χ4n) is 16.3. The third-order valence-electron chi connectivity index (χ3n) is 17.7. The van der Waals surface area contributed by atoms with E-state index in [0.717, 1.165) is 45.0 Å². The van der Waals surface area contributed by atoms with E-state index < -0.39 is 0 Å². The first-order chi connectivity index (χ1) is 32.9. The van der Waals surface area contributed by atoms with Crippen LogP contribution in [0.4, 0.5) is 0 Å². The molecule has 0 heterocycles. The van der Waals surface area contributed by atoms with Gasteiger partial charge in [-0.2, -0.15) is 12.1 Å². The van der Waals surface area contributed by atoms with Crippen molar-refractivity contribution in [1.82, 2.24) is 0 Å². The molecule has 0 atom stereocenters. The first-order valence-electron chi connectivity index (χ1n) is 26.2. The molecule has 8 aliphatic rings. The van der Waals surface area contributed by atoms with Crippen LogP contribution < -0.4 is 0 Å². The second-order valence-corrected chi connectivity index (χ2v) is 23.9. The van der Waals surface area contributed by atoms with Gasteiger partial charge in [0, 0.05) is 9.52 Å². The predicted molar refractivity (Wildman–Crippen MR) is 287 cm³/mol. The third-order valence-corrected chi connectivity index (χ3v) is 17.7. The molecular formula is C66H68SiZr. The number of fused-ring (bicyclic) bond motifs is 2. The first kappa shape index (κ1) is 46.0. The Balaban J connectivity index is 0.000000139. The van der Waals surface area contributed by atoms with Crippen molar-refractivity contribution in [3.63, 3.8) is 0 Å². The van der Waals surface area contributed by atoms with Crippen LogP contribution >= 0.6 is 0 Å². The van der Waals surface area contributed by atoms with Gasteiger partial charge in [0.1, 0.15) is 0 Å². The summed E-state index contributed by atoms with van der Waals surface area (Å²) >= 11 is 0. The summed E-state index contributed by atoms with van der Waals surface area (Å²) in [4.78, 5) is 0. The second kappa shape index (κ2) is 19.4. The maximum Gasteiger partial charge on any atom is 2.00 e. The number of hydrogen-bond donors (Lipinski definition) is 0. The van der Waals surface area contributed by atoms with E-state index >= 15 is 0 Å². The Labute approximate surface area is 429 Å². The van der Waals surface area contributed by atoms with Gasteiger partial charge < -0.3 is 0 Å². The molecule has 8 aromatic rings. The Morgan fingerprint density at radius 2 is 0.632 bits per heavy atom. The van der Waals surface area contributed by atoms with Crippen LogP contribution in [-0.2, 0) is 39.0 Å². The van der Waals surface area contributed by atoms with Gasteiger partial charge in [-0.15, -0.1) is 44.8 Å². The van der Waals surface area contributed by atoms with Crippen molar-refractivity contribution in [2.45, 2.75) is 103 Å². The molecule has 340 valence electrons. The predicted octanol–water partition coefficient (Wildman–Crippen LogP) is 18.1. The summed E-state index contributed by atoms with van der Waals surface area (Å²) in [5.41, 5.74) is 15.1. The quantitative estimate of drug-likeness (QED) is 0.105. The maximum absolute atomic E-state index is 2.54. The third kappa shape index (κ3) is 9.12. The molecule has 0 amide bonds. The fourth-order valence-corrected chi connectivity index (χ4v) is 16.3. The Morgan fingerprint density at radius 3 is 0.912 bits per heavy atom. The molecule has 0 aliphatic heterocycles. The van der Waals surface area contributed by atoms with E-state index in [0.29, 0.717) is 10.8 Å². The number of hydrogen-bond acceptors (Lipinski definition) is 0. The number of rotatable bonds is 8. The minimum atomic E-state index is 0. The van der Waals surface area contributed by atoms with Crippen molar-refractivity contribution in [2.75, 3.05) is 0 Å². The van der Waals surface area contributed by atoms with Gasteiger partial charge in [-0.25, -0.2) is 0 Å². The Bertz CT molecular complexity index is 2530. The van der Waals surface area contributed by atoms with Crippen molar-refractivity contribution < 1.29 is 26.2 Å². The van der Waals surface area contributed by atoms with Crippen molar-refractivity contribution in [1.29, 1.82) is 0 Å². The zero-order valence-corrected chi connectivity index (χ0v) is 44.0. The Hall–Kier alpha value is -4.36. The summed E-state index contributed by atoms with van der Waals surface area (Å²) in [7, 11) is 1.08. The van der Waals surface area contributed by atoms with Crippen LogP contribution in [0.2, 0.25) is 13.1 Å². The maximum atomic E-state index is 2.54. The molecule has 8 aromatic carbocycles. The SMILES string of the molecule is C[Si]C.[Zr+2].c1ccc(-c2ccc(-c3ccccc3)c3[cH-]c(CC45CC6CC(CC(C6)C4)C5)cc23)cc1.c1ccc(-c2ccc(-c3ccccc3)c3[cH-]c(CC45CC6CC(CC(C6)C4)C5)cc23)cc1. The molecule has 0 nitrogen and oxygen atoms in total. The van der Waals surface area contributed by atoms with Gasteiger partial charge in [0.25, 0.3) is 0 Å². The molecule has 8 bridgehead atoms. The minimum absolute atomic E-state index is 0. The zero-order chi connectivity index (χ0) is 45.0. The summed E-state index contributed by atoms with van der Waals surface area (Å²) in [6, 6.07) is 63.3. The van der Waals surface area contributed by atoms with E-state index in [2.05, 4.69) is 183 Å². The van der Waals surface area contributed by atoms with Crippen LogP contribution in [-0.4, -0.2) is 9.52 Å². The summed E-state index contributed by atoms with van der Waals surface area (Å²) in [6.45, 7) is 4.31. The largest absolute Gasteiger partial charge is 2.00 e. The molecule has 8 aliphatic carbocycles. The van der Waals surface area contributed by atoms with Crippen molar-refractivity contribution in [3.05, 3.63) is 181 Å². The van der Waals surface area contributed by atoms with Crippen LogP contribution in [0.1, 0.15) is 88.2 Å². The van der Waals surface area contributed by atoms with E-state index in [1.807, 2.05) is 0 Å². The average molecular weight is 981 g/mol. The molecule has 0 unspecified atom stereocenters. The van der Waals surface area contributed by atoms with Crippen LogP contribution in [0.3, 0.4) is 0 Å². The van der Waals surface area contributed by atoms with Gasteiger partial charge in [-0.1, -0.05) is 192 Å². The standard InChI is InChI=1S/2C32H31.C2H6Si.Zr/c2*1-3-7-26(8-4-1)28-11-12-29(27-9-5-2-6-10-27)31-17-25(16-30(28)31)21-32-18-22-13-23(19-32)15-24(14-22)20-32;1-3-2;/h2*1-12,16-17,22-24H,13-15,18-21H2;1-2H3;/q2*-1;;+2. The molecule has 0 spiro atoms.